The average Bonchev–Trinajstić information content (AvgIpc) is 3.09. The minimum atomic E-state index is 0.292. The molecule has 1 aromatic carbocycles. The molecule has 2 fully saturated rings. The van der Waals surface area contributed by atoms with Crippen molar-refractivity contribution in [3.8, 4) is 0 Å². The van der Waals surface area contributed by atoms with Crippen molar-refractivity contribution in [1.82, 2.24) is 10.2 Å². The Bertz CT molecular complexity index is 492. The number of nitrogens with one attached hydrogen (secondary N) is 1. The summed E-state index contributed by atoms with van der Waals surface area (Å²) in [5.41, 5.74) is 1.13. The van der Waals surface area contributed by atoms with Gasteiger partial charge in [-0.1, -0.05) is 42.3 Å². The van der Waals surface area contributed by atoms with Gasteiger partial charge in [0.05, 0.1) is 10.0 Å². The molecular formula is C17H24Cl2N2. The van der Waals surface area contributed by atoms with Crippen LogP contribution in [0.1, 0.15) is 44.2 Å². The molecule has 3 unspecified atom stereocenters. The minimum Gasteiger partial charge on any atom is -0.310 e. The van der Waals surface area contributed by atoms with Crippen LogP contribution in [0.15, 0.2) is 18.2 Å². The largest absolute Gasteiger partial charge is 0.310 e. The predicted molar refractivity (Wildman–Crippen MR) is 90.2 cm³/mol. The molecule has 1 N–H and O–H groups in total. The predicted octanol–water partition coefficient (Wildman–Crippen LogP) is 4.52. The second-order valence-electron chi connectivity index (χ2n) is 6.37. The lowest BCUT2D eigenvalue weighted by Crippen LogP contribution is -2.35. The Morgan fingerprint density at radius 2 is 2.19 bits per heavy atom. The quantitative estimate of drug-likeness (QED) is 0.826. The Labute approximate surface area is 137 Å². The third kappa shape index (κ3) is 3.39. The fraction of sp³-hybridized carbons (Fsp3) is 0.647. The summed E-state index contributed by atoms with van der Waals surface area (Å²) >= 11 is 12.6. The number of benzene rings is 1. The first kappa shape index (κ1) is 15.6. The summed E-state index contributed by atoms with van der Waals surface area (Å²) in [6, 6.07) is 7.08. The Morgan fingerprint density at radius 1 is 1.33 bits per heavy atom. The number of halogens is 2. The summed E-state index contributed by atoms with van der Waals surface area (Å²) in [7, 11) is 0. The lowest BCUT2D eigenvalue weighted by atomic mass is 10.0. The molecule has 0 aromatic heterocycles. The number of fused-ring (bicyclic) bond motifs is 2. The van der Waals surface area contributed by atoms with Crippen LogP contribution in [0.3, 0.4) is 0 Å². The molecule has 2 nitrogen and oxygen atoms in total. The second kappa shape index (κ2) is 6.87. The van der Waals surface area contributed by atoms with Crippen LogP contribution in [0.4, 0.5) is 0 Å². The molecule has 21 heavy (non-hydrogen) atoms. The molecule has 3 atom stereocenters. The van der Waals surface area contributed by atoms with E-state index in [2.05, 4.69) is 23.2 Å². The topological polar surface area (TPSA) is 15.3 Å². The van der Waals surface area contributed by atoms with Gasteiger partial charge in [0.25, 0.3) is 0 Å². The molecule has 0 amide bonds. The fourth-order valence-corrected chi connectivity index (χ4v) is 4.44. The lowest BCUT2D eigenvalue weighted by molar-refractivity contribution is 0.203. The summed E-state index contributed by atoms with van der Waals surface area (Å²) < 4.78 is 0. The van der Waals surface area contributed by atoms with Crippen molar-refractivity contribution < 1.29 is 0 Å². The highest BCUT2D eigenvalue weighted by atomic mass is 35.5. The van der Waals surface area contributed by atoms with E-state index in [0.29, 0.717) is 16.1 Å². The summed E-state index contributed by atoms with van der Waals surface area (Å²) in [6.45, 7) is 5.54. The highest BCUT2D eigenvalue weighted by Crippen LogP contribution is 2.38. The number of rotatable bonds is 6. The van der Waals surface area contributed by atoms with Crippen molar-refractivity contribution in [2.45, 2.75) is 44.7 Å². The summed E-state index contributed by atoms with van der Waals surface area (Å²) in [5, 5.41) is 4.92. The number of hydrogen-bond donors (Lipinski definition) is 1. The fourth-order valence-electron chi connectivity index (χ4n) is 4.00. The molecule has 3 rings (SSSR count). The van der Waals surface area contributed by atoms with Gasteiger partial charge in [0.1, 0.15) is 0 Å². The monoisotopic (exact) mass is 326 g/mol. The van der Waals surface area contributed by atoms with Crippen LogP contribution in [-0.2, 0) is 0 Å². The summed E-state index contributed by atoms with van der Waals surface area (Å²) in [4.78, 5) is 2.68. The Kier molecular flexibility index (Phi) is 5.11. The summed E-state index contributed by atoms with van der Waals surface area (Å²) in [5.74, 6) is 0.961. The zero-order valence-electron chi connectivity index (χ0n) is 12.6. The molecule has 1 saturated carbocycles. The van der Waals surface area contributed by atoms with Crippen LogP contribution in [0.5, 0.6) is 0 Å². The van der Waals surface area contributed by atoms with Crippen LogP contribution in [0, 0.1) is 5.92 Å². The van der Waals surface area contributed by atoms with Crippen LogP contribution >= 0.6 is 23.2 Å². The third-order valence-electron chi connectivity index (χ3n) is 5.04. The van der Waals surface area contributed by atoms with Gasteiger partial charge < -0.3 is 10.2 Å². The number of hydrogen-bond acceptors (Lipinski definition) is 2. The molecular weight excluding hydrogens is 303 g/mol. The zero-order valence-corrected chi connectivity index (χ0v) is 14.1. The van der Waals surface area contributed by atoms with E-state index in [1.807, 2.05) is 12.1 Å². The van der Waals surface area contributed by atoms with E-state index in [9.17, 15) is 0 Å². The lowest BCUT2D eigenvalue weighted by Gasteiger charge is -2.29. The normalized spacial score (nSPS) is 26.4. The molecule has 4 heteroatoms. The molecule has 0 radical (unpaired) electrons. The molecule has 2 bridgehead atoms. The highest BCUT2D eigenvalue weighted by Gasteiger charge is 2.37. The standard InChI is InChI=1S/C17H24Cl2N2/c1-2-20-16(14-4-3-5-15(18)17(14)19)8-9-21-11-12-6-7-13(21)10-12/h3-5,12-13,16,20H,2,6-11H2,1H3. The van der Waals surface area contributed by atoms with Crippen molar-refractivity contribution >= 4 is 23.2 Å². The van der Waals surface area contributed by atoms with Gasteiger partial charge in [0.15, 0.2) is 0 Å². The van der Waals surface area contributed by atoms with Crippen LogP contribution in [0.25, 0.3) is 0 Å². The van der Waals surface area contributed by atoms with Crippen molar-refractivity contribution in [3.63, 3.8) is 0 Å². The highest BCUT2D eigenvalue weighted by molar-refractivity contribution is 6.42. The smallest absolute Gasteiger partial charge is 0.0640 e. The molecule has 1 heterocycles. The Morgan fingerprint density at radius 3 is 2.86 bits per heavy atom. The van der Waals surface area contributed by atoms with E-state index >= 15 is 0 Å². The van der Waals surface area contributed by atoms with E-state index in [1.165, 1.54) is 25.8 Å². The van der Waals surface area contributed by atoms with Gasteiger partial charge >= 0.3 is 0 Å². The Hall–Kier alpha value is -0.280. The first-order chi connectivity index (χ1) is 10.2. The Balaban J connectivity index is 1.65. The maximum Gasteiger partial charge on any atom is 0.0640 e. The maximum absolute atomic E-state index is 6.40. The van der Waals surface area contributed by atoms with E-state index in [4.69, 9.17) is 23.2 Å². The zero-order chi connectivity index (χ0) is 14.8. The second-order valence-corrected chi connectivity index (χ2v) is 7.15. The SMILES string of the molecule is CCNC(CCN1CC2CCC1C2)c1cccc(Cl)c1Cl. The van der Waals surface area contributed by atoms with Crippen LogP contribution in [0.2, 0.25) is 10.0 Å². The maximum atomic E-state index is 6.40. The number of nitrogens with zero attached hydrogens (tertiary/aromatic N) is 1. The van der Waals surface area contributed by atoms with Gasteiger partial charge in [-0.05, 0) is 49.8 Å². The molecule has 1 aliphatic carbocycles. The minimum absolute atomic E-state index is 0.292. The van der Waals surface area contributed by atoms with Crippen LogP contribution < -0.4 is 5.32 Å². The van der Waals surface area contributed by atoms with Gasteiger partial charge in [0, 0.05) is 25.2 Å². The molecule has 1 aromatic rings. The van der Waals surface area contributed by atoms with Crippen molar-refractivity contribution in [2.75, 3.05) is 19.6 Å². The van der Waals surface area contributed by atoms with Crippen LogP contribution in [-0.4, -0.2) is 30.6 Å². The third-order valence-corrected chi connectivity index (χ3v) is 5.87. The van der Waals surface area contributed by atoms with E-state index < -0.39 is 0 Å². The molecule has 2 aliphatic rings. The van der Waals surface area contributed by atoms with Gasteiger partial charge in [0.2, 0.25) is 0 Å². The number of piperidine rings is 1. The number of likely N-dealkylation sites (tertiary alicyclic amines) is 1. The van der Waals surface area contributed by atoms with E-state index in [1.54, 1.807) is 0 Å². The van der Waals surface area contributed by atoms with Crippen molar-refractivity contribution in [3.05, 3.63) is 33.8 Å². The molecule has 116 valence electrons. The van der Waals surface area contributed by atoms with E-state index in [0.717, 1.165) is 37.0 Å². The van der Waals surface area contributed by atoms with Gasteiger partial charge in [-0.3, -0.25) is 0 Å². The molecule has 1 aliphatic heterocycles. The van der Waals surface area contributed by atoms with Crippen molar-refractivity contribution in [2.24, 2.45) is 5.92 Å². The van der Waals surface area contributed by atoms with Gasteiger partial charge in [-0.2, -0.15) is 0 Å². The first-order valence-corrected chi connectivity index (χ1v) is 8.86. The van der Waals surface area contributed by atoms with Gasteiger partial charge in [-0.25, -0.2) is 0 Å². The van der Waals surface area contributed by atoms with Gasteiger partial charge in [-0.15, -0.1) is 0 Å². The van der Waals surface area contributed by atoms with E-state index in [-0.39, 0.29) is 0 Å². The molecule has 1 saturated heterocycles. The average molecular weight is 327 g/mol. The van der Waals surface area contributed by atoms with Crippen molar-refractivity contribution in [1.29, 1.82) is 0 Å². The molecule has 0 spiro atoms. The summed E-state index contributed by atoms with van der Waals surface area (Å²) in [6.07, 6.45) is 5.35. The first-order valence-electron chi connectivity index (χ1n) is 8.10.